The highest BCUT2D eigenvalue weighted by atomic mass is 16.5. The number of carboxylic acid groups (broad SMARTS) is 1. The number of amides is 1. The predicted molar refractivity (Wildman–Crippen MR) is 81.6 cm³/mol. The number of aliphatic carboxylic acids is 1. The van der Waals surface area contributed by atoms with Crippen LogP contribution < -0.4 is 11.1 Å². The fourth-order valence-corrected chi connectivity index (χ4v) is 2.52. The summed E-state index contributed by atoms with van der Waals surface area (Å²) >= 11 is 0. The average molecular weight is 330 g/mol. The molecule has 0 aromatic heterocycles. The van der Waals surface area contributed by atoms with E-state index in [1.165, 1.54) is 0 Å². The molecule has 1 fully saturated rings. The van der Waals surface area contributed by atoms with Crippen LogP contribution in [0.1, 0.15) is 46.0 Å². The van der Waals surface area contributed by atoms with E-state index in [1.54, 1.807) is 6.92 Å². The average Bonchev–Trinajstić information content (AvgIpc) is 2.89. The summed E-state index contributed by atoms with van der Waals surface area (Å²) in [6, 6.07) is -2.23. The van der Waals surface area contributed by atoms with Crippen LogP contribution in [-0.4, -0.2) is 53.9 Å². The molecular formula is C15H26N2O6. The molecule has 2 atom stereocenters. The van der Waals surface area contributed by atoms with E-state index < -0.39 is 36.4 Å². The normalized spacial score (nSPS) is 18.9. The maximum absolute atomic E-state index is 12.0. The van der Waals surface area contributed by atoms with Crippen LogP contribution in [0.4, 0.5) is 0 Å². The highest BCUT2D eigenvalue weighted by molar-refractivity contribution is 5.89. The van der Waals surface area contributed by atoms with Crippen LogP contribution in [0.25, 0.3) is 0 Å². The molecule has 0 aromatic carbocycles. The van der Waals surface area contributed by atoms with Gasteiger partial charge in [-0.2, -0.15) is 0 Å². The van der Waals surface area contributed by atoms with Crippen molar-refractivity contribution < 1.29 is 29.0 Å². The summed E-state index contributed by atoms with van der Waals surface area (Å²) in [4.78, 5) is 34.5. The smallest absolute Gasteiger partial charge is 0.331 e. The summed E-state index contributed by atoms with van der Waals surface area (Å²) in [7, 11) is 0. The van der Waals surface area contributed by atoms with Crippen molar-refractivity contribution in [3.05, 3.63) is 0 Å². The molecule has 1 aliphatic carbocycles. The molecule has 8 heteroatoms. The quantitative estimate of drug-likeness (QED) is 0.515. The van der Waals surface area contributed by atoms with Crippen LogP contribution >= 0.6 is 0 Å². The number of ether oxygens (including phenoxy) is 2. The summed E-state index contributed by atoms with van der Waals surface area (Å²) in [6.45, 7) is 3.77. The van der Waals surface area contributed by atoms with Gasteiger partial charge in [0.1, 0.15) is 0 Å². The van der Waals surface area contributed by atoms with Gasteiger partial charge in [-0.1, -0.05) is 12.8 Å². The first-order valence-corrected chi connectivity index (χ1v) is 7.86. The van der Waals surface area contributed by atoms with E-state index in [2.05, 4.69) is 5.32 Å². The Labute approximate surface area is 135 Å². The summed E-state index contributed by atoms with van der Waals surface area (Å²) in [5.74, 6) is -2.52. The number of carboxylic acids is 1. The summed E-state index contributed by atoms with van der Waals surface area (Å²) in [6.07, 6.45) is 3.41. The third kappa shape index (κ3) is 6.54. The highest BCUT2D eigenvalue weighted by Gasteiger charge is 2.33. The van der Waals surface area contributed by atoms with E-state index in [0.717, 1.165) is 25.7 Å². The van der Waals surface area contributed by atoms with Gasteiger partial charge in [0.25, 0.3) is 0 Å². The Bertz CT molecular complexity index is 434. The SMILES string of the molecule is CCOC(=O)[C@H](COC1(C)CCCC1)NC(=O)[C@@H](N)CC(=O)O. The van der Waals surface area contributed by atoms with Crippen LogP contribution in [0.5, 0.6) is 0 Å². The van der Waals surface area contributed by atoms with Gasteiger partial charge in [-0.3, -0.25) is 9.59 Å². The Balaban J connectivity index is 2.62. The van der Waals surface area contributed by atoms with Gasteiger partial charge in [0.15, 0.2) is 6.04 Å². The first-order valence-electron chi connectivity index (χ1n) is 7.86. The van der Waals surface area contributed by atoms with Crippen molar-refractivity contribution in [2.24, 2.45) is 5.73 Å². The van der Waals surface area contributed by atoms with Crippen LogP contribution in [0.2, 0.25) is 0 Å². The Morgan fingerprint density at radius 1 is 1.30 bits per heavy atom. The van der Waals surface area contributed by atoms with E-state index in [0.29, 0.717) is 0 Å². The predicted octanol–water partition coefficient (Wildman–Crippen LogP) is 0.186. The van der Waals surface area contributed by atoms with Crippen molar-refractivity contribution in [3.63, 3.8) is 0 Å². The Morgan fingerprint density at radius 2 is 1.91 bits per heavy atom. The maximum Gasteiger partial charge on any atom is 0.331 e. The zero-order chi connectivity index (χ0) is 17.5. The molecule has 132 valence electrons. The number of carbonyl (C=O) groups excluding carboxylic acids is 2. The number of nitrogens with two attached hydrogens (primary N) is 1. The highest BCUT2D eigenvalue weighted by Crippen LogP contribution is 2.32. The van der Waals surface area contributed by atoms with Gasteiger partial charge in [-0.15, -0.1) is 0 Å². The summed E-state index contributed by atoms with van der Waals surface area (Å²) in [5.41, 5.74) is 5.19. The maximum atomic E-state index is 12.0. The lowest BCUT2D eigenvalue weighted by molar-refractivity contribution is -0.151. The molecule has 0 radical (unpaired) electrons. The minimum absolute atomic E-state index is 0.0269. The standard InChI is InChI=1S/C15H26N2O6/c1-3-22-14(21)11(9-23-15(2)6-4-5-7-15)17-13(20)10(16)8-12(18)19/h10-11H,3-9,16H2,1-2H3,(H,17,20)(H,18,19)/t10-,11-/m0/s1. The summed E-state index contributed by atoms with van der Waals surface area (Å²) in [5, 5.41) is 11.1. The second kappa shape index (κ2) is 8.83. The number of rotatable bonds is 9. The van der Waals surface area contributed by atoms with Gasteiger partial charge in [0, 0.05) is 0 Å². The number of esters is 1. The van der Waals surface area contributed by atoms with Crippen LogP contribution in [-0.2, 0) is 23.9 Å². The van der Waals surface area contributed by atoms with Crippen LogP contribution in [0.3, 0.4) is 0 Å². The van der Waals surface area contributed by atoms with Gasteiger partial charge in [-0.05, 0) is 26.7 Å². The van der Waals surface area contributed by atoms with Crippen molar-refractivity contribution in [3.8, 4) is 0 Å². The molecule has 0 bridgehead atoms. The Kier molecular flexibility index (Phi) is 7.44. The number of hydrogen-bond acceptors (Lipinski definition) is 6. The second-order valence-corrected chi connectivity index (χ2v) is 5.99. The number of carbonyl (C=O) groups is 3. The molecule has 1 amide bonds. The largest absolute Gasteiger partial charge is 0.481 e. The molecule has 0 spiro atoms. The number of nitrogens with one attached hydrogen (secondary N) is 1. The van der Waals surface area contributed by atoms with Crippen molar-refractivity contribution in [1.29, 1.82) is 0 Å². The molecule has 0 aromatic rings. The molecule has 23 heavy (non-hydrogen) atoms. The Morgan fingerprint density at radius 3 is 2.43 bits per heavy atom. The van der Waals surface area contributed by atoms with Gasteiger partial charge in [-0.25, -0.2) is 4.79 Å². The van der Waals surface area contributed by atoms with Crippen molar-refractivity contribution in [1.82, 2.24) is 5.32 Å². The molecule has 1 aliphatic rings. The fourth-order valence-electron chi connectivity index (χ4n) is 2.52. The van der Waals surface area contributed by atoms with Crippen molar-refractivity contribution in [2.75, 3.05) is 13.2 Å². The van der Waals surface area contributed by atoms with Crippen molar-refractivity contribution in [2.45, 2.75) is 63.6 Å². The lowest BCUT2D eigenvalue weighted by Gasteiger charge is -2.27. The monoisotopic (exact) mass is 330 g/mol. The van der Waals surface area contributed by atoms with Gasteiger partial charge in [0.05, 0.1) is 31.3 Å². The van der Waals surface area contributed by atoms with E-state index in [-0.39, 0.29) is 18.8 Å². The third-order valence-corrected chi connectivity index (χ3v) is 3.88. The molecule has 1 saturated carbocycles. The molecule has 8 nitrogen and oxygen atoms in total. The molecule has 0 heterocycles. The van der Waals surface area contributed by atoms with Gasteiger partial charge in [0.2, 0.25) is 5.91 Å². The van der Waals surface area contributed by atoms with Crippen LogP contribution in [0, 0.1) is 0 Å². The Hall–Kier alpha value is -1.67. The van der Waals surface area contributed by atoms with E-state index >= 15 is 0 Å². The molecule has 0 unspecified atom stereocenters. The van der Waals surface area contributed by atoms with E-state index in [4.69, 9.17) is 20.3 Å². The molecule has 0 saturated heterocycles. The summed E-state index contributed by atoms with van der Waals surface area (Å²) < 4.78 is 10.7. The lowest BCUT2D eigenvalue weighted by Crippen LogP contribution is -2.52. The first kappa shape index (κ1) is 19.4. The zero-order valence-electron chi connectivity index (χ0n) is 13.7. The molecule has 1 rings (SSSR count). The minimum atomic E-state index is -1.23. The van der Waals surface area contributed by atoms with E-state index in [9.17, 15) is 14.4 Å². The molecular weight excluding hydrogens is 304 g/mol. The topological polar surface area (TPSA) is 128 Å². The second-order valence-electron chi connectivity index (χ2n) is 5.99. The van der Waals surface area contributed by atoms with Crippen LogP contribution in [0.15, 0.2) is 0 Å². The van der Waals surface area contributed by atoms with Crippen molar-refractivity contribution >= 4 is 17.8 Å². The first-order chi connectivity index (χ1) is 10.8. The third-order valence-electron chi connectivity index (χ3n) is 3.88. The fraction of sp³-hybridized carbons (Fsp3) is 0.800. The van der Waals surface area contributed by atoms with Gasteiger partial charge < -0.3 is 25.6 Å². The number of hydrogen-bond donors (Lipinski definition) is 3. The van der Waals surface area contributed by atoms with Gasteiger partial charge >= 0.3 is 11.9 Å². The van der Waals surface area contributed by atoms with E-state index in [1.807, 2.05) is 6.92 Å². The molecule has 4 N–H and O–H groups in total. The minimum Gasteiger partial charge on any atom is -0.481 e. The lowest BCUT2D eigenvalue weighted by atomic mass is 10.1. The molecule has 0 aliphatic heterocycles. The zero-order valence-corrected chi connectivity index (χ0v) is 13.7.